The third-order valence-electron chi connectivity index (χ3n) is 3.19. The first-order valence-corrected chi connectivity index (χ1v) is 5.21. The molecule has 4 heteroatoms. The highest BCUT2D eigenvalue weighted by atomic mass is 19.3. The molecule has 2 N–H and O–H groups in total. The van der Waals surface area contributed by atoms with Crippen LogP contribution in [-0.4, -0.2) is 36.5 Å². The predicted octanol–water partition coefficient (Wildman–Crippen LogP) is 1.84. The molecule has 2 unspecified atom stereocenters. The van der Waals surface area contributed by atoms with Crippen molar-refractivity contribution < 1.29 is 8.78 Å². The maximum absolute atomic E-state index is 12.4. The molecule has 1 rings (SSSR count). The number of nitrogens with two attached hydrogens (primary N) is 1. The van der Waals surface area contributed by atoms with Gasteiger partial charge < -0.3 is 10.6 Å². The lowest BCUT2D eigenvalue weighted by atomic mass is 9.94. The Morgan fingerprint density at radius 2 is 2.21 bits per heavy atom. The fourth-order valence-electron chi connectivity index (χ4n) is 1.93. The zero-order valence-electron chi connectivity index (χ0n) is 8.97. The predicted molar refractivity (Wildman–Crippen MR) is 53.5 cm³/mol. The molecule has 0 aromatic rings. The molecular weight excluding hydrogens is 186 g/mol. The van der Waals surface area contributed by atoms with Crippen LogP contribution in [-0.2, 0) is 0 Å². The van der Waals surface area contributed by atoms with Gasteiger partial charge in [-0.15, -0.1) is 0 Å². The van der Waals surface area contributed by atoms with E-state index in [9.17, 15) is 8.78 Å². The van der Waals surface area contributed by atoms with Crippen molar-refractivity contribution >= 4 is 0 Å². The maximum Gasteiger partial charge on any atom is 0.255 e. The van der Waals surface area contributed by atoms with Gasteiger partial charge in [-0.05, 0) is 46.2 Å². The highest BCUT2D eigenvalue weighted by Crippen LogP contribution is 2.24. The Bertz CT molecular complexity index is 183. The van der Waals surface area contributed by atoms with Crippen LogP contribution in [0.25, 0.3) is 0 Å². The molecule has 0 saturated carbocycles. The van der Waals surface area contributed by atoms with E-state index in [4.69, 9.17) is 5.73 Å². The molecule has 1 saturated heterocycles. The zero-order valence-corrected chi connectivity index (χ0v) is 8.97. The van der Waals surface area contributed by atoms with Gasteiger partial charge in [-0.1, -0.05) is 0 Å². The minimum Gasteiger partial charge on any atom is -0.321 e. The van der Waals surface area contributed by atoms with Crippen molar-refractivity contribution in [1.29, 1.82) is 0 Å². The number of hydrogen-bond acceptors (Lipinski definition) is 2. The molecule has 1 heterocycles. The van der Waals surface area contributed by atoms with Gasteiger partial charge in [-0.3, -0.25) is 0 Å². The van der Waals surface area contributed by atoms with Crippen molar-refractivity contribution in [2.75, 3.05) is 13.6 Å². The summed E-state index contributed by atoms with van der Waals surface area (Å²) in [6, 6.07) is 0.455. The van der Waals surface area contributed by atoms with E-state index >= 15 is 0 Å². The molecule has 1 fully saturated rings. The number of alkyl halides is 2. The minimum absolute atomic E-state index is 0.402. The Morgan fingerprint density at radius 1 is 1.57 bits per heavy atom. The van der Waals surface area contributed by atoms with Crippen molar-refractivity contribution in [2.24, 2.45) is 5.73 Å². The molecule has 2 atom stereocenters. The summed E-state index contributed by atoms with van der Waals surface area (Å²) in [5, 5.41) is 0. The lowest BCUT2D eigenvalue weighted by Gasteiger charge is -2.27. The Labute approximate surface area is 84.4 Å². The summed E-state index contributed by atoms with van der Waals surface area (Å²) < 4.78 is 24.9. The Balaban J connectivity index is 2.32. The molecule has 0 amide bonds. The first-order valence-electron chi connectivity index (χ1n) is 5.21. The van der Waals surface area contributed by atoms with Crippen LogP contribution in [0.3, 0.4) is 0 Å². The van der Waals surface area contributed by atoms with Gasteiger partial charge in [0.1, 0.15) is 0 Å². The summed E-state index contributed by atoms with van der Waals surface area (Å²) in [6.45, 7) is 2.52. The van der Waals surface area contributed by atoms with Crippen LogP contribution in [0.2, 0.25) is 0 Å². The third kappa shape index (κ3) is 2.89. The molecule has 0 bridgehead atoms. The highest BCUT2D eigenvalue weighted by molar-refractivity contribution is 4.85. The van der Waals surface area contributed by atoms with Gasteiger partial charge in [-0.25, -0.2) is 8.78 Å². The number of nitrogens with zero attached hydrogens (tertiary/aromatic N) is 1. The van der Waals surface area contributed by atoms with Gasteiger partial charge in [0.25, 0.3) is 6.43 Å². The van der Waals surface area contributed by atoms with Crippen LogP contribution >= 0.6 is 0 Å². The molecule has 0 spiro atoms. The number of hydrogen-bond donors (Lipinski definition) is 1. The molecule has 0 aliphatic carbocycles. The SMILES string of the molecule is CN1CCCC1CCC(C)(N)C(F)F. The minimum atomic E-state index is -2.42. The monoisotopic (exact) mass is 206 g/mol. The van der Waals surface area contributed by atoms with E-state index in [-0.39, 0.29) is 0 Å². The van der Waals surface area contributed by atoms with Crippen LogP contribution in [0.4, 0.5) is 8.78 Å². The normalized spacial score (nSPS) is 28.3. The Kier molecular flexibility index (Phi) is 3.84. The fraction of sp³-hybridized carbons (Fsp3) is 1.00. The molecule has 0 aromatic carbocycles. The van der Waals surface area contributed by atoms with Gasteiger partial charge in [0, 0.05) is 6.04 Å². The maximum atomic E-state index is 12.4. The standard InChI is InChI=1S/C10H20F2N2/c1-10(13,9(11)12)6-5-8-4-3-7-14(8)2/h8-9H,3-7,13H2,1-2H3. The first-order chi connectivity index (χ1) is 6.43. The largest absolute Gasteiger partial charge is 0.321 e. The summed E-state index contributed by atoms with van der Waals surface area (Å²) in [4.78, 5) is 2.24. The van der Waals surface area contributed by atoms with Crippen molar-refractivity contribution in [1.82, 2.24) is 4.90 Å². The van der Waals surface area contributed by atoms with E-state index in [0.717, 1.165) is 19.4 Å². The summed E-state index contributed by atoms with van der Waals surface area (Å²) >= 11 is 0. The number of halogens is 2. The van der Waals surface area contributed by atoms with Crippen molar-refractivity contribution in [2.45, 2.75) is 50.6 Å². The number of likely N-dealkylation sites (tertiary alicyclic amines) is 1. The third-order valence-corrected chi connectivity index (χ3v) is 3.19. The van der Waals surface area contributed by atoms with Crippen LogP contribution in [0.5, 0.6) is 0 Å². The summed E-state index contributed by atoms with van der Waals surface area (Å²) in [5.41, 5.74) is 4.20. The Morgan fingerprint density at radius 3 is 2.64 bits per heavy atom. The van der Waals surface area contributed by atoms with Gasteiger partial charge in [0.2, 0.25) is 0 Å². The summed E-state index contributed by atoms with van der Waals surface area (Å²) in [5.74, 6) is 0. The topological polar surface area (TPSA) is 29.3 Å². The van der Waals surface area contributed by atoms with Crippen LogP contribution < -0.4 is 5.73 Å². The molecule has 0 aromatic heterocycles. The molecular formula is C10H20F2N2. The van der Waals surface area contributed by atoms with Gasteiger partial charge in [-0.2, -0.15) is 0 Å². The van der Waals surface area contributed by atoms with E-state index in [0.29, 0.717) is 12.5 Å². The number of rotatable bonds is 4. The average molecular weight is 206 g/mol. The van der Waals surface area contributed by atoms with Crippen molar-refractivity contribution in [3.05, 3.63) is 0 Å². The van der Waals surface area contributed by atoms with Crippen LogP contribution in [0.1, 0.15) is 32.6 Å². The average Bonchev–Trinajstić information content (AvgIpc) is 2.47. The molecule has 84 valence electrons. The second-order valence-corrected chi connectivity index (χ2v) is 4.62. The van der Waals surface area contributed by atoms with Gasteiger partial charge >= 0.3 is 0 Å². The molecule has 2 nitrogen and oxygen atoms in total. The quantitative estimate of drug-likeness (QED) is 0.760. The van der Waals surface area contributed by atoms with Crippen LogP contribution in [0, 0.1) is 0 Å². The van der Waals surface area contributed by atoms with E-state index in [2.05, 4.69) is 4.90 Å². The molecule has 1 aliphatic heterocycles. The molecule has 1 aliphatic rings. The second-order valence-electron chi connectivity index (χ2n) is 4.62. The van der Waals surface area contributed by atoms with E-state index in [1.807, 2.05) is 7.05 Å². The lowest BCUT2D eigenvalue weighted by Crippen LogP contribution is -2.44. The molecule has 14 heavy (non-hydrogen) atoms. The highest BCUT2D eigenvalue weighted by Gasteiger charge is 2.32. The zero-order chi connectivity index (χ0) is 10.8. The smallest absolute Gasteiger partial charge is 0.255 e. The lowest BCUT2D eigenvalue weighted by molar-refractivity contribution is 0.0541. The van der Waals surface area contributed by atoms with Crippen LogP contribution in [0.15, 0.2) is 0 Å². The molecule has 0 radical (unpaired) electrons. The van der Waals surface area contributed by atoms with E-state index < -0.39 is 12.0 Å². The van der Waals surface area contributed by atoms with E-state index in [1.54, 1.807) is 0 Å². The van der Waals surface area contributed by atoms with Crippen molar-refractivity contribution in [3.63, 3.8) is 0 Å². The second kappa shape index (κ2) is 4.53. The van der Waals surface area contributed by atoms with Gasteiger partial charge in [0.15, 0.2) is 0 Å². The fourth-order valence-corrected chi connectivity index (χ4v) is 1.93. The summed E-state index contributed by atoms with van der Waals surface area (Å²) in [7, 11) is 2.05. The van der Waals surface area contributed by atoms with Gasteiger partial charge in [0.05, 0.1) is 5.54 Å². The van der Waals surface area contributed by atoms with Crippen molar-refractivity contribution in [3.8, 4) is 0 Å². The first kappa shape index (κ1) is 11.9. The summed E-state index contributed by atoms with van der Waals surface area (Å²) in [6.07, 6.45) is 1.06. The Hall–Kier alpha value is -0.220. The van der Waals surface area contributed by atoms with E-state index in [1.165, 1.54) is 13.3 Å².